The number of thioether (sulfide) groups is 1. The standard InChI is InChI=1S/C24H23NO2S/c1-17(26)21-22(27)25-23(21)28-24(18-11-5-2-6-12-18,19-13-7-3-8-14-19)20-15-9-4-10-16-20/h2-17,21,23,26H,1H3,(H,25,27)/t17?,21-,23-/m1/s1. The second kappa shape index (κ2) is 7.82. The lowest BCUT2D eigenvalue weighted by Crippen LogP contribution is -2.61. The van der Waals surface area contributed by atoms with Gasteiger partial charge in [-0.2, -0.15) is 0 Å². The Balaban J connectivity index is 1.90. The van der Waals surface area contributed by atoms with Crippen LogP contribution in [0.2, 0.25) is 0 Å². The van der Waals surface area contributed by atoms with Crippen LogP contribution < -0.4 is 5.32 Å². The van der Waals surface area contributed by atoms with Crippen molar-refractivity contribution in [2.45, 2.75) is 23.1 Å². The van der Waals surface area contributed by atoms with Crippen molar-refractivity contribution in [2.24, 2.45) is 5.92 Å². The zero-order valence-corrected chi connectivity index (χ0v) is 16.5. The van der Waals surface area contributed by atoms with E-state index in [0.717, 1.165) is 16.7 Å². The second-order valence-corrected chi connectivity index (χ2v) is 8.45. The van der Waals surface area contributed by atoms with Crippen molar-refractivity contribution in [1.82, 2.24) is 5.32 Å². The van der Waals surface area contributed by atoms with Crippen LogP contribution in [0.3, 0.4) is 0 Å². The van der Waals surface area contributed by atoms with E-state index in [4.69, 9.17) is 0 Å². The monoisotopic (exact) mass is 389 g/mol. The smallest absolute Gasteiger partial charge is 0.229 e. The van der Waals surface area contributed by atoms with Gasteiger partial charge in [-0.05, 0) is 23.6 Å². The molecule has 3 nitrogen and oxygen atoms in total. The van der Waals surface area contributed by atoms with Crippen molar-refractivity contribution in [3.8, 4) is 0 Å². The van der Waals surface area contributed by atoms with Gasteiger partial charge in [0, 0.05) is 0 Å². The second-order valence-electron chi connectivity index (χ2n) is 7.09. The van der Waals surface area contributed by atoms with E-state index in [1.54, 1.807) is 18.7 Å². The van der Waals surface area contributed by atoms with E-state index in [1.165, 1.54) is 0 Å². The van der Waals surface area contributed by atoms with Crippen LogP contribution in [0.25, 0.3) is 0 Å². The van der Waals surface area contributed by atoms with Gasteiger partial charge in [-0.15, -0.1) is 11.8 Å². The molecule has 4 rings (SSSR count). The zero-order chi connectivity index (χ0) is 19.6. The molecule has 0 radical (unpaired) electrons. The van der Waals surface area contributed by atoms with Gasteiger partial charge in [-0.3, -0.25) is 4.79 Å². The van der Waals surface area contributed by atoms with E-state index in [-0.39, 0.29) is 11.3 Å². The summed E-state index contributed by atoms with van der Waals surface area (Å²) < 4.78 is -0.505. The molecule has 0 spiro atoms. The molecule has 3 aromatic rings. The molecule has 1 aliphatic heterocycles. The van der Waals surface area contributed by atoms with E-state index >= 15 is 0 Å². The molecule has 1 saturated heterocycles. The number of rotatable bonds is 6. The Labute approximate surface area is 169 Å². The van der Waals surface area contributed by atoms with Crippen LogP contribution in [0.1, 0.15) is 23.6 Å². The predicted octanol–water partition coefficient (Wildman–Crippen LogP) is 4.16. The minimum atomic E-state index is -0.689. The fraction of sp³-hybridized carbons (Fsp3) is 0.208. The fourth-order valence-electron chi connectivity index (χ4n) is 3.86. The Morgan fingerprint density at radius 3 is 1.54 bits per heavy atom. The van der Waals surface area contributed by atoms with Crippen molar-refractivity contribution < 1.29 is 9.90 Å². The summed E-state index contributed by atoms with van der Waals surface area (Å²) in [6, 6.07) is 31.1. The molecule has 3 aromatic carbocycles. The highest BCUT2D eigenvalue weighted by atomic mass is 32.2. The van der Waals surface area contributed by atoms with Crippen molar-refractivity contribution in [3.63, 3.8) is 0 Å². The molecule has 3 atom stereocenters. The van der Waals surface area contributed by atoms with Crippen LogP contribution in [0, 0.1) is 5.92 Å². The van der Waals surface area contributed by atoms with Crippen molar-refractivity contribution in [1.29, 1.82) is 0 Å². The largest absolute Gasteiger partial charge is 0.392 e. The van der Waals surface area contributed by atoms with Gasteiger partial charge in [-0.1, -0.05) is 91.0 Å². The summed E-state index contributed by atoms with van der Waals surface area (Å²) in [4.78, 5) is 12.1. The summed E-state index contributed by atoms with van der Waals surface area (Å²) in [6.07, 6.45) is -0.689. The summed E-state index contributed by atoms with van der Waals surface area (Å²) in [6.45, 7) is 1.69. The van der Waals surface area contributed by atoms with Gasteiger partial charge in [0.25, 0.3) is 0 Å². The summed E-state index contributed by atoms with van der Waals surface area (Å²) in [5, 5.41) is 13.0. The van der Waals surface area contributed by atoms with Crippen LogP contribution in [0.5, 0.6) is 0 Å². The lowest BCUT2D eigenvalue weighted by atomic mass is 9.84. The van der Waals surface area contributed by atoms with Crippen LogP contribution in [0.4, 0.5) is 0 Å². The summed E-state index contributed by atoms with van der Waals surface area (Å²) in [5.74, 6) is -0.504. The zero-order valence-electron chi connectivity index (χ0n) is 15.7. The third-order valence-electron chi connectivity index (χ3n) is 5.28. The van der Waals surface area contributed by atoms with Crippen molar-refractivity contribution >= 4 is 17.7 Å². The van der Waals surface area contributed by atoms with Crippen molar-refractivity contribution in [3.05, 3.63) is 108 Å². The Kier molecular flexibility index (Phi) is 5.25. The third kappa shape index (κ3) is 3.23. The van der Waals surface area contributed by atoms with E-state index in [0.29, 0.717) is 0 Å². The summed E-state index contributed by atoms with van der Waals surface area (Å²) >= 11 is 1.69. The molecule has 0 saturated carbocycles. The first-order valence-corrected chi connectivity index (χ1v) is 10.3. The fourth-order valence-corrected chi connectivity index (χ4v) is 5.73. The van der Waals surface area contributed by atoms with Gasteiger partial charge in [-0.25, -0.2) is 0 Å². The molecule has 142 valence electrons. The summed E-state index contributed by atoms with van der Waals surface area (Å²) in [7, 11) is 0. The number of carbonyl (C=O) groups excluding carboxylic acids is 1. The van der Waals surface area contributed by atoms with E-state index in [9.17, 15) is 9.90 Å². The molecule has 1 amide bonds. The maximum absolute atomic E-state index is 12.1. The molecular weight excluding hydrogens is 366 g/mol. The first-order chi connectivity index (χ1) is 13.6. The maximum atomic E-state index is 12.1. The number of aliphatic hydroxyl groups excluding tert-OH is 1. The normalized spacial score (nSPS) is 20.1. The van der Waals surface area contributed by atoms with Gasteiger partial charge in [0.05, 0.1) is 22.1 Å². The van der Waals surface area contributed by atoms with Gasteiger partial charge < -0.3 is 10.4 Å². The molecule has 2 N–H and O–H groups in total. The number of hydrogen-bond acceptors (Lipinski definition) is 3. The van der Waals surface area contributed by atoms with Crippen LogP contribution in [-0.2, 0) is 9.54 Å². The maximum Gasteiger partial charge on any atom is 0.229 e. The van der Waals surface area contributed by atoms with E-state index in [1.807, 2.05) is 54.6 Å². The number of benzene rings is 3. The number of β-lactam (4-membered cyclic amide) rings is 1. The molecule has 0 aromatic heterocycles. The molecule has 4 heteroatoms. The number of amides is 1. The van der Waals surface area contributed by atoms with E-state index < -0.39 is 16.8 Å². The number of nitrogens with one attached hydrogen (secondary N) is 1. The minimum Gasteiger partial charge on any atom is -0.392 e. The first-order valence-electron chi connectivity index (χ1n) is 9.46. The van der Waals surface area contributed by atoms with Gasteiger partial charge in [0.2, 0.25) is 5.91 Å². The molecule has 0 aliphatic carbocycles. The molecule has 1 fully saturated rings. The summed E-state index contributed by atoms with van der Waals surface area (Å²) in [5.41, 5.74) is 3.42. The number of carbonyl (C=O) groups is 1. The van der Waals surface area contributed by atoms with E-state index in [2.05, 4.69) is 41.7 Å². The van der Waals surface area contributed by atoms with Gasteiger partial charge >= 0.3 is 0 Å². The first kappa shape index (κ1) is 18.8. The minimum absolute atomic E-state index is 0.0874. The van der Waals surface area contributed by atoms with Crippen LogP contribution in [0.15, 0.2) is 91.0 Å². The highest BCUT2D eigenvalue weighted by Crippen LogP contribution is 2.52. The Bertz CT molecular complexity index is 832. The van der Waals surface area contributed by atoms with Gasteiger partial charge in [0.1, 0.15) is 0 Å². The average Bonchev–Trinajstić information content (AvgIpc) is 2.72. The molecular formula is C24H23NO2S. The highest BCUT2D eigenvalue weighted by Gasteiger charge is 2.49. The van der Waals surface area contributed by atoms with Crippen LogP contribution in [-0.4, -0.2) is 22.5 Å². The molecule has 1 unspecified atom stereocenters. The molecule has 28 heavy (non-hydrogen) atoms. The Hall–Kier alpha value is -2.56. The molecule has 1 heterocycles. The molecule has 0 bridgehead atoms. The SMILES string of the molecule is CC(O)[C@@H]1C(=O)N[C@@H]1SC(c1ccccc1)(c1ccccc1)c1ccccc1. The lowest BCUT2D eigenvalue weighted by molar-refractivity contribution is -0.136. The Morgan fingerprint density at radius 1 is 0.821 bits per heavy atom. The number of hydrogen-bond donors (Lipinski definition) is 2. The number of aliphatic hydroxyl groups is 1. The lowest BCUT2D eigenvalue weighted by Gasteiger charge is -2.45. The van der Waals surface area contributed by atoms with Crippen LogP contribution >= 0.6 is 11.8 Å². The Morgan fingerprint density at radius 2 is 1.21 bits per heavy atom. The third-order valence-corrected chi connectivity index (χ3v) is 7.00. The topological polar surface area (TPSA) is 49.3 Å². The highest BCUT2D eigenvalue weighted by molar-refractivity contribution is 8.01. The average molecular weight is 390 g/mol. The van der Waals surface area contributed by atoms with Gasteiger partial charge in [0.15, 0.2) is 0 Å². The quantitative estimate of drug-likeness (QED) is 0.492. The van der Waals surface area contributed by atoms with Crippen molar-refractivity contribution in [2.75, 3.05) is 0 Å². The predicted molar refractivity (Wildman–Crippen MR) is 114 cm³/mol. The molecule has 1 aliphatic rings.